The predicted molar refractivity (Wildman–Crippen MR) is 116 cm³/mol. The van der Waals surface area contributed by atoms with E-state index in [1.807, 2.05) is 0 Å². The van der Waals surface area contributed by atoms with Gasteiger partial charge in [-0.15, -0.1) is 0 Å². The second-order valence-corrected chi connectivity index (χ2v) is 7.78. The molecule has 1 aliphatic heterocycles. The number of carbonyl (C=O) groups is 2. The van der Waals surface area contributed by atoms with Crippen molar-refractivity contribution in [1.82, 2.24) is 0 Å². The van der Waals surface area contributed by atoms with Gasteiger partial charge >= 0.3 is 5.97 Å². The van der Waals surface area contributed by atoms with Gasteiger partial charge in [-0.1, -0.05) is 11.6 Å². The Kier molecular flexibility index (Phi) is 6.84. The van der Waals surface area contributed by atoms with Crippen LogP contribution in [-0.2, 0) is 14.3 Å². The van der Waals surface area contributed by atoms with Crippen LogP contribution in [0, 0.1) is 0 Å². The summed E-state index contributed by atoms with van der Waals surface area (Å²) in [5.74, 6) is -0.297. The highest BCUT2D eigenvalue weighted by molar-refractivity contribution is 6.30. The third-order valence-corrected chi connectivity index (χ3v) is 5.00. The van der Waals surface area contributed by atoms with Gasteiger partial charge in [-0.25, -0.2) is 4.79 Å². The van der Waals surface area contributed by atoms with Crippen LogP contribution in [0.2, 0.25) is 5.02 Å². The summed E-state index contributed by atoms with van der Waals surface area (Å²) in [5.41, 5.74) is 0.459. The second-order valence-electron chi connectivity index (χ2n) is 7.34. The molecule has 0 unspecified atom stereocenters. The molecule has 0 saturated carbocycles. The third kappa shape index (κ3) is 5.23. The topological polar surface area (TPSA) is 77.1 Å². The van der Waals surface area contributed by atoms with Gasteiger partial charge < -0.3 is 24.4 Å². The zero-order valence-electron chi connectivity index (χ0n) is 17.2. The number of amides is 1. The first-order valence-electron chi connectivity index (χ1n) is 9.61. The highest BCUT2D eigenvalue weighted by Gasteiger charge is 2.30. The molecule has 2 aromatic rings. The van der Waals surface area contributed by atoms with Crippen molar-refractivity contribution in [1.29, 1.82) is 0 Å². The largest absolute Gasteiger partial charge is 0.478 e. The predicted octanol–water partition coefficient (Wildman–Crippen LogP) is 3.76. The van der Waals surface area contributed by atoms with Gasteiger partial charge in [-0.2, -0.15) is 0 Å². The Morgan fingerprint density at radius 2 is 1.77 bits per heavy atom. The minimum Gasteiger partial charge on any atom is -0.478 e. The van der Waals surface area contributed by atoms with E-state index >= 15 is 0 Å². The maximum Gasteiger partial charge on any atom is 0.340 e. The maximum atomic E-state index is 12.8. The molecule has 0 atom stereocenters. The molecule has 3 rings (SSSR count). The van der Waals surface area contributed by atoms with Gasteiger partial charge in [0.15, 0.2) is 5.60 Å². The second kappa shape index (κ2) is 9.36. The molecule has 1 amide bonds. The van der Waals surface area contributed by atoms with Gasteiger partial charge in [0.25, 0.3) is 5.91 Å². The number of rotatable bonds is 6. The molecule has 1 heterocycles. The summed E-state index contributed by atoms with van der Waals surface area (Å²) in [6.45, 7) is 5.88. The molecule has 2 aromatic carbocycles. The molecule has 30 heavy (non-hydrogen) atoms. The molecule has 0 aliphatic carbocycles. The van der Waals surface area contributed by atoms with Crippen LogP contribution in [0.25, 0.3) is 0 Å². The number of halogens is 1. The summed E-state index contributed by atoms with van der Waals surface area (Å²) in [4.78, 5) is 27.3. The number of methoxy groups -OCH3 is 1. The van der Waals surface area contributed by atoms with E-state index in [4.69, 9.17) is 25.8 Å². The van der Waals surface area contributed by atoms with Crippen LogP contribution in [0.15, 0.2) is 42.5 Å². The monoisotopic (exact) mass is 432 g/mol. The van der Waals surface area contributed by atoms with E-state index in [2.05, 4.69) is 10.2 Å². The summed E-state index contributed by atoms with van der Waals surface area (Å²) >= 11 is 5.89. The standard InChI is InChI=1S/C22H25ClN2O5/c1-22(2,30-17-7-4-15(23)5-8-17)21(27)24-16-6-9-19(18(14-16)20(26)28-3)25-10-12-29-13-11-25/h4-9,14H,10-13H2,1-3H3,(H,24,27). The van der Waals surface area contributed by atoms with Crippen molar-refractivity contribution in [3.63, 3.8) is 0 Å². The lowest BCUT2D eigenvalue weighted by molar-refractivity contribution is -0.128. The molecule has 1 N–H and O–H groups in total. The number of anilines is 2. The van der Waals surface area contributed by atoms with E-state index in [0.717, 1.165) is 5.69 Å². The molecule has 0 radical (unpaired) electrons. The third-order valence-electron chi connectivity index (χ3n) is 4.74. The lowest BCUT2D eigenvalue weighted by atomic mass is 10.1. The molecule has 1 fully saturated rings. The Balaban J connectivity index is 1.78. The number of benzene rings is 2. The normalized spacial score (nSPS) is 14.2. The highest BCUT2D eigenvalue weighted by Crippen LogP contribution is 2.27. The molecule has 0 aromatic heterocycles. The lowest BCUT2D eigenvalue weighted by Gasteiger charge is -2.30. The maximum absolute atomic E-state index is 12.8. The summed E-state index contributed by atoms with van der Waals surface area (Å²) in [6, 6.07) is 12.0. The number of nitrogens with one attached hydrogen (secondary N) is 1. The van der Waals surface area contributed by atoms with Crippen LogP contribution in [0.3, 0.4) is 0 Å². The summed E-state index contributed by atoms with van der Waals surface area (Å²) in [6.07, 6.45) is 0. The van der Waals surface area contributed by atoms with Crippen molar-refractivity contribution in [3.05, 3.63) is 53.1 Å². The molecule has 1 aliphatic rings. The smallest absolute Gasteiger partial charge is 0.340 e. The zero-order chi connectivity index (χ0) is 21.7. The first-order chi connectivity index (χ1) is 14.3. The average Bonchev–Trinajstić information content (AvgIpc) is 2.75. The van der Waals surface area contributed by atoms with Crippen LogP contribution in [0.1, 0.15) is 24.2 Å². The average molecular weight is 433 g/mol. The van der Waals surface area contributed by atoms with Gasteiger partial charge in [0.05, 0.1) is 31.6 Å². The van der Waals surface area contributed by atoms with Crippen LogP contribution >= 0.6 is 11.6 Å². The van der Waals surface area contributed by atoms with Gasteiger partial charge in [-0.05, 0) is 56.3 Å². The van der Waals surface area contributed by atoms with Gasteiger partial charge in [0.1, 0.15) is 5.75 Å². The summed E-state index contributed by atoms with van der Waals surface area (Å²) in [5, 5.41) is 3.41. The fourth-order valence-electron chi connectivity index (χ4n) is 3.09. The van der Waals surface area contributed by atoms with E-state index in [9.17, 15) is 9.59 Å². The SMILES string of the molecule is COC(=O)c1cc(NC(=O)C(C)(C)Oc2ccc(Cl)cc2)ccc1N1CCOCC1. The molecular formula is C22H25ClN2O5. The quantitative estimate of drug-likeness (QED) is 0.700. The first kappa shape index (κ1) is 21.9. The van der Waals surface area contributed by atoms with Crippen LogP contribution in [0.4, 0.5) is 11.4 Å². The molecular weight excluding hydrogens is 408 g/mol. The fraction of sp³-hybridized carbons (Fsp3) is 0.364. The number of hydrogen-bond donors (Lipinski definition) is 1. The van der Waals surface area contributed by atoms with Gasteiger partial charge in [-0.3, -0.25) is 4.79 Å². The summed E-state index contributed by atoms with van der Waals surface area (Å²) in [7, 11) is 1.33. The van der Waals surface area contributed by atoms with Crippen molar-refractivity contribution in [3.8, 4) is 5.75 Å². The molecule has 0 bridgehead atoms. The molecule has 7 nitrogen and oxygen atoms in total. The number of nitrogens with zero attached hydrogens (tertiary/aromatic N) is 1. The fourth-order valence-corrected chi connectivity index (χ4v) is 3.22. The Morgan fingerprint density at radius 1 is 1.10 bits per heavy atom. The lowest BCUT2D eigenvalue weighted by Crippen LogP contribution is -2.42. The van der Waals surface area contributed by atoms with E-state index in [-0.39, 0.29) is 5.91 Å². The Labute approximate surface area is 180 Å². The molecule has 160 valence electrons. The zero-order valence-corrected chi connectivity index (χ0v) is 18.0. The number of carbonyl (C=O) groups excluding carboxylic acids is 2. The Bertz CT molecular complexity index is 908. The molecule has 0 spiro atoms. The van der Waals surface area contributed by atoms with Crippen molar-refractivity contribution >= 4 is 34.9 Å². The van der Waals surface area contributed by atoms with Crippen molar-refractivity contribution in [2.24, 2.45) is 0 Å². The van der Waals surface area contributed by atoms with Crippen molar-refractivity contribution < 1.29 is 23.8 Å². The highest BCUT2D eigenvalue weighted by atomic mass is 35.5. The first-order valence-corrected chi connectivity index (χ1v) is 9.99. The minimum atomic E-state index is -1.15. The number of morpholine rings is 1. The van der Waals surface area contributed by atoms with Crippen LogP contribution < -0.4 is 15.0 Å². The van der Waals surface area contributed by atoms with E-state index in [0.29, 0.717) is 48.3 Å². The van der Waals surface area contributed by atoms with Gasteiger partial charge in [0.2, 0.25) is 0 Å². The van der Waals surface area contributed by atoms with E-state index in [1.165, 1.54) is 7.11 Å². The Morgan fingerprint density at radius 3 is 2.40 bits per heavy atom. The van der Waals surface area contributed by atoms with Crippen molar-refractivity contribution in [2.75, 3.05) is 43.6 Å². The molecule has 1 saturated heterocycles. The minimum absolute atomic E-state index is 0.354. The van der Waals surface area contributed by atoms with Crippen LogP contribution in [-0.4, -0.2) is 50.9 Å². The van der Waals surface area contributed by atoms with E-state index < -0.39 is 11.6 Å². The van der Waals surface area contributed by atoms with Crippen LogP contribution in [0.5, 0.6) is 5.75 Å². The van der Waals surface area contributed by atoms with Crippen molar-refractivity contribution in [2.45, 2.75) is 19.4 Å². The number of esters is 1. The molecule has 8 heteroatoms. The van der Waals surface area contributed by atoms with Gasteiger partial charge in [0, 0.05) is 23.8 Å². The summed E-state index contributed by atoms with van der Waals surface area (Å²) < 4.78 is 16.1. The van der Waals surface area contributed by atoms with E-state index in [1.54, 1.807) is 56.3 Å². The number of hydrogen-bond acceptors (Lipinski definition) is 6. The number of ether oxygens (including phenoxy) is 3. The Hall–Kier alpha value is -2.77.